The Balaban J connectivity index is 2.36. The molecule has 2 aromatic rings. The van der Waals surface area contributed by atoms with Crippen LogP contribution in [-0.4, -0.2) is 18.4 Å². The van der Waals surface area contributed by atoms with Gasteiger partial charge >= 0.3 is 0 Å². The van der Waals surface area contributed by atoms with Gasteiger partial charge in [0.25, 0.3) is 10.0 Å². The zero-order chi connectivity index (χ0) is 15.6. The number of nitrogen functional groups attached to an aromatic ring is 1. The van der Waals surface area contributed by atoms with Crippen molar-refractivity contribution in [2.45, 2.75) is 18.7 Å². The van der Waals surface area contributed by atoms with Gasteiger partial charge in [0.05, 0.1) is 5.02 Å². The van der Waals surface area contributed by atoms with Crippen LogP contribution in [0.5, 0.6) is 0 Å². The summed E-state index contributed by atoms with van der Waals surface area (Å²) in [5, 5.41) is 0.105. The standard InChI is InChI=1S/C12H14ClN5O2S/c1-7-3-8(2)16-11(4-7)18-21(19,20)9-5-10(13)12(17-14)15-6-9/h3-6H,14H2,1-2H3,(H,15,17)(H,16,18). The fourth-order valence-corrected chi connectivity index (χ4v) is 3.01. The fourth-order valence-electron chi connectivity index (χ4n) is 1.76. The summed E-state index contributed by atoms with van der Waals surface area (Å²) in [7, 11) is -3.82. The molecule has 0 saturated heterocycles. The van der Waals surface area contributed by atoms with Crippen LogP contribution >= 0.6 is 11.6 Å². The number of halogens is 1. The van der Waals surface area contributed by atoms with E-state index in [1.54, 1.807) is 13.0 Å². The first-order valence-electron chi connectivity index (χ1n) is 5.92. The molecule has 0 atom stereocenters. The normalized spacial score (nSPS) is 11.2. The van der Waals surface area contributed by atoms with E-state index in [1.807, 2.05) is 13.0 Å². The van der Waals surface area contributed by atoms with Gasteiger partial charge < -0.3 is 5.43 Å². The van der Waals surface area contributed by atoms with Crippen LogP contribution in [-0.2, 0) is 10.0 Å². The van der Waals surface area contributed by atoms with Gasteiger partial charge in [0.1, 0.15) is 10.7 Å². The molecule has 9 heteroatoms. The molecule has 21 heavy (non-hydrogen) atoms. The third-order valence-electron chi connectivity index (χ3n) is 2.60. The number of anilines is 2. The number of hydrogen-bond acceptors (Lipinski definition) is 6. The van der Waals surface area contributed by atoms with Crippen LogP contribution in [0.3, 0.4) is 0 Å². The highest BCUT2D eigenvalue weighted by atomic mass is 35.5. The molecule has 2 heterocycles. The molecule has 7 nitrogen and oxygen atoms in total. The maximum atomic E-state index is 12.3. The van der Waals surface area contributed by atoms with E-state index in [-0.39, 0.29) is 21.6 Å². The number of rotatable bonds is 4. The maximum Gasteiger partial charge on any atom is 0.264 e. The molecule has 2 rings (SSSR count). The minimum absolute atomic E-state index is 0.0764. The van der Waals surface area contributed by atoms with E-state index >= 15 is 0 Å². The van der Waals surface area contributed by atoms with Gasteiger partial charge in [-0.2, -0.15) is 0 Å². The van der Waals surface area contributed by atoms with E-state index in [1.165, 1.54) is 6.07 Å². The number of nitrogens with one attached hydrogen (secondary N) is 2. The lowest BCUT2D eigenvalue weighted by molar-refractivity contribution is 0.600. The Kier molecular flexibility index (Phi) is 4.31. The predicted molar refractivity (Wildman–Crippen MR) is 81.6 cm³/mol. The number of aryl methyl sites for hydroxylation is 2. The molecule has 2 aromatic heterocycles. The summed E-state index contributed by atoms with van der Waals surface area (Å²) < 4.78 is 26.9. The Labute approximate surface area is 127 Å². The molecule has 0 fully saturated rings. The summed E-state index contributed by atoms with van der Waals surface area (Å²) in [6.07, 6.45) is 1.16. The van der Waals surface area contributed by atoms with Gasteiger partial charge in [-0.1, -0.05) is 11.6 Å². The molecule has 0 radical (unpaired) electrons. The molecule has 0 bridgehead atoms. The van der Waals surface area contributed by atoms with Crippen molar-refractivity contribution < 1.29 is 8.42 Å². The van der Waals surface area contributed by atoms with Crippen molar-refractivity contribution in [1.82, 2.24) is 9.97 Å². The first-order valence-corrected chi connectivity index (χ1v) is 7.78. The first-order chi connectivity index (χ1) is 9.81. The Morgan fingerprint density at radius 1 is 1.24 bits per heavy atom. The molecule has 0 aromatic carbocycles. The van der Waals surface area contributed by atoms with Crippen molar-refractivity contribution in [2.24, 2.45) is 5.84 Å². The smallest absolute Gasteiger partial charge is 0.264 e. The van der Waals surface area contributed by atoms with Crippen LogP contribution in [0.4, 0.5) is 11.6 Å². The highest BCUT2D eigenvalue weighted by molar-refractivity contribution is 7.92. The molecule has 0 saturated carbocycles. The first kappa shape index (κ1) is 15.5. The summed E-state index contributed by atoms with van der Waals surface area (Å²) in [5.41, 5.74) is 3.88. The monoisotopic (exact) mass is 327 g/mol. The highest BCUT2D eigenvalue weighted by Gasteiger charge is 2.17. The Morgan fingerprint density at radius 3 is 2.52 bits per heavy atom. The number of sulfonamides is 1. The summed E-state index contributed by atoms with van der Waals surface area (Å²) >= 11 is 5.88. The maximum absolute atomic E-state index is 12.3. The van der Waals surface area contributed by atoms with Crippen molar-refractivity contribution >= 4 is 33.3 Å². The summed E-state index contributed by atoms with van der Waals surface area (Å²) in [4.78, 5) is 7.88. The molecule has 112 valence electrons. The Bertz CT molecular complexity index is 759. The van der Waals surface area contributed by atoms with E-state index in [9.17, 15) is 8.42 Å². The second kappa shape index (κ2) is 5.84. The largest absolute Gasteiger partial charge is 0.307 e. The number of nitrogens with two attached hydrogens (primary N) is 1. The third-order valence-corrected chi connectivity index (χ3v) is 4.21. The average Bonchev–Trinajstić information content (AvgIpc) is 2.36. The van der Waals surface area contributed by atoms with Crippen LogP contribution in [0, 0.1) is 13.8 Å². The second-order valence-electron chi connectivity index (χ2n) is 4.42. The van der Waals surface area contributed by atoms with Crippen LogP contribution < -0.4 is 16.0 Å². The topological polar surface area (TPSA) is 110 Å². The molecule has 0 amide bonds. The molecule has 4 N–H and O–H groups in total. The van der Waals surface area contributed by atoms with E-state index in [0.717, 1.165) is 11.8 Å². The van der Waals surface area contributed by atoms with Gasteiger partial charge in [-0.15, -0.1) is 0 Å². The van der Waals surface area contributed by atoms with Crippen molar-refractivity contribution in [2.75, 3.05) is 10.1 Å². The van der Waals surface area contributed by atoms with Crippen molar-refractivity contribution in [3.05, 3.63) is 40.7 Å². The van der Waals surface area contributed by atoms with Crippen LogP contribution in [0.1, 0.15) is 11.3 Å². The number of nitrogens with zero attached hydrogens (tertiary/aromatic N) is 2. The predicted octanol–water partition coefficient (Wildman–Crippen LogP) is 1.83. The fraction of sp³-hybridized carbons (Fsp3) is 0.167. The molecule has 0 spiro atoms. The highest BCUT2D eigenvalue weighted by Crippen LogP contribution is 2.23. The van der Waals surface area contributed by atoms with Gasteiger partial charge in [0.15, 0.2) is 5.82 Å². The Hall–Kier alpha value is -1.90. The van der Waals surface area contributed by atoms with Gasteiger partial charge in [0, 0.05) is 11.9 Å². The van der Waals surface area contributed by atoms with Crippen molar-refractivity contribution in [3.63, 3.8) is 0 Å². The van der Waals surface area contributed by atoms with Crippen molar-refractivity contribution in [1.29, 1.82) is 0 Å². The summed E-state index contributed by atoms with van der Waals surface area (Å²) in [6, 6.07) is 4.74. The van der Waals surface area contributed by atoms with Gasteiger partial charge in [-0.3, -0.25) is 4.72 Å². The quantitative estimate of drug-likeness (QED) is 0.583. The van der Waals surface area contributed by atoms with Gasteiger partial charge in [-0.25, -0.2) is 24.2 Å². The second-order valence-corrected chi connectivity index (χ2v) is 6.51. The van der Waals surface area contributed by atoms with Crippen LogP contribution in [0.15, 0.2) is 29.3 Å². The summed E-state index contributed by atoms with van der Waals surface area (Å²) in [6.45, 7) is 3.64. The van der Waals surface area contributed by atoms with Gasteiger partial charge in [-0.05, 0) is 37.6 Å². The number of pyridine rings is 2. The zero-order valence-electron chi connectivity index (χ0n) is 11.4. The van der Waals surface area contributed by atoms with E-state index in [2.05, 4.69) is 20.1 Å². The number of hydrazine groups is 1. The van der Waals surface area contributed by atoms with Crippen LogP contribution in [0.25, 0.3) is 0 Å². The van der Waals surface area contributed by atoms with Crippen molar-refractivity contribution in [3.8, 4) is 0 Å². The lowest BCUT2D eigenvalue weighted by atomic mass is 10.2. The molecule has 0 aliphatic heterocycles. The number of aromatic nitrogens is 2. The minimum atomic E-state index is -3.82. The molecule has 0 aliphatic carbocycles. The SMILES string of the molecule is Cc1cc(C)nc(NS(=O)(=O)c2cnc(NN)c(Cl)c2)c1. The lowest BCUT2D eigenvalue weighted by Gasteiger charge is -2.10. The lowest BCUT2D eigenvalue weighted by Crippen LogP contribution is -2.16. The molecule has 0 aliphatic rings. The van der Waals surface area contributed by atoms with Gasteiger partial charge in [0.2, 0.25) is 0 Å². The minimum Gasteiger partial charge on any atom is -0.307 e. The van der Waals surface area contributed by atoms with E-state index in [4.69, 9.17) is 17.4 Å². The zero-order valence-corrected chi connectivity index (χ0v) is 13.0. The van der Waals surface area contributed by atoms with Crippen LogP contribution in [0.2, 0.25) is 5.02 Å². The summed E-state index contributed by atoms with van der Waals surface area (Å²) in [5.74, 6) is 5.63. The number of hydrogen-bond donors (Lipinski definition) is 3. The van der Waals surface area contributed by atoms with E-state index < -0.39 is 10.0 Å². The average molecular weight is 328 g/mol. The molecular weight excluding hydrogens is 314 g/mol. The van der Waals surface area contributed by atoms with E-state index in [0.29, 0.717) is 5.69 Å². The molecule has 0 unspecified atom stereocenters. The third kappa shape index (κ3) is 3.60. The Morgan fingerprint density at radius 2 is 1.95 bits per heavy atom. The molecular formula is C12H14ClN5O2S.